The molecule has 0 amide bonds. The van der Waals surface area contributed by atoms with Crippen LogP contribution in [0.25, 0.3) is 0 Å². The van der Waals surface area contributed by atoms with Gasteiger partial charge >= 0.3 is 0 Å². The van der Waals surface area contributed by atoms with Crippen LogP contribution >= 0.6 is 23.2 Å². The van der Waals surface area contributed by atoms with Crippen LogP contribution in [0.2, 0.25) is 10.0 Å². The SMILES string of the molecule is CN(C)CC(C)(O)CNS(=O)(=O)c1ccc(Cl)c(Cl)c1. The molecule has 0 aliphatic heterocycles. The van der Waals surface area contributed by atoms with Crippen LogP contribution in [-0.4, -0.2) is 51.2 Å². The van der Waals surface area contributed by atoms with Gasteiger partial charge in [-0.3, -0.25) is 0 Å². The van der Waals surface area contributed by atoms with Gasteiger partial charge in [0.1, 0.15) is 0 Å². The minimum Gasteiger partial charge on any atom is -0.387 e. The quantitative estimate of drug-likeness (QED) is 0.824. The van der Waals surface area contributed by atoms with E-state index in [0.29, 0.717) is 6.54 Å². The molecule has 0 aliphatic rings. The van der Waals surface area contributed by atoms with Gasteiger partial charge in [0.25, 0.3) is 0 Å². The van der Waals surface area contributed by atoms with Gasteiger partial charge in [-0.1, -0.05) is 23.2 Å². The summed E-state index contributed by atoms with van der Waals surface area (Å²) in [6.07, 6.45) is 0. The lowest BCUT2D eigenvalue weighted by Gasteiger charge is -2.27. The second-order valence-electron chi connectivity index (χ2n) is 5.14. The van der Waals surface area contributed by atoms with Gasteiger partial charge in [-0.15, -0.1) is 0 Å². The summed E-state index contributed by atoms with van der Waals surface area (Å²) in [7, 11) is -0.153. The van der Waals surface area contributed by atoms with Crippen molar-refractivity contribution in [2.75, 3.05) is 27.2 Å². The van der Waals surface area contributed by atoms with Gasteiger partial charge in [-0.25, -0.2) is 13.1 Å². The summed E-state index contributed by atoms with van der Waals surface area (Å²) in [5.41, 5.74) is -1.17. The molecule has 20 heavy (non-hydrogen) atoms. The smallest absolute Gasteiger partial charge is 0.240 e. The third kappa shape index (κ3) is 5.20. The van der Waals surface area contributed by atoms with Crippen LogP contribution in [0.4, 0.5) is 0 Å². The highest BCUT2D eigenvalue weighted by Crippen LogP contribution is 2.24. The van der Waals surface area contributed by atoms with E-state index in [1.807, 2.05) is 0 Å². The lowest BCUT2D eigenvalue weighted by molar-refractivity contribution is 0.0386. The number of nitrogens with one attached hydrogen (secondary N) is 1. The first kappa shape index (κ1) is 17.7. The van der Waals surface area contributed by atoms with E-state index < -0.39 is 15.6 Å². The maximum atomic E-state index is 12.1. The molecule has 0 saturated carbocycles. The fourth-order valence-electron chi connectivity index (χ4n) is 1.71. The highest BCUT2D eigenvalue weighted by Gasteiger charge is 2.25. The van der Waals surface area contributed by atoms with Gasteiger partial charge in [-0.05, 0) is 39.2 Å². The molecule has 0 aliphatic carbocycles. The molecule has 0 spiro atoms. The van der Waals surface area contributed by atoms with Crippen molar-refractivity contribution < 1.29 is 13.5 Å². The van der Waals surface area contributed by atoms with Crippen molar-refractivity contribution in [3.05, 3.63) is 28.2 Å². The summed E-state index contributed by atoms with van der Waals surface area (Å²) in [5, 5.41) is 10.5. The van der Waals surface area contributed by atoms with Crippen molar-refractivity contribution in [3.8, 4) is 0 Å². The second-order valence-corrected chi connectivity index (χ2v) is 7.72. The zero-order valence-electron chi connectivity index (χ0n) is 11.5. The third-order valence-electron chi connectivity index (χ3n) is 2.50. The van der Waals surface area contributed by atoms with Gasteiger partial charge in [0.15, 0.2) is 0 Å². The number of aliphatic hydroxyl groups is 1. The van der Waals surface area contributed by atoms with Crippen molar-refractivity contribution >= 4 is 33.2 Å². The fraction of sp³-hybridized carbons (Fsp3) is 0.500. The lowest BCUT2D eigenvalue weighted by Crippen LogP contribution is -2.47. The average Bonchev–Trinajstić information content (AvgIpc) is 2.29. The minimum absolute atomic E-state index is 0.00699. The van der Waals surface area contributed by atoms with Crippen molar-refractivity contribution in [3.63, 3.8) is 0 Å². The van der Waals surface area contributed by atoms with Gasteiger partial charge in [0.05, 0.1) is 20.5 Å². The molecule has 1 aromatic carbocycles. The Bertz CT molecular complexity index is 574. The van der Waals surface area contributed by atoms with E-state index >= 15 is 0 Å². The summed E-state index contributed by atoms with van der Waals surface area (Å²) in [4.78, 5) is 1.78. The molecule has 1 atom stereocenters. The van der Waals surface area contributed by atoms with Gasteiger partial charge < -0.3 is 10.0 Å². The Morgan fingerprint density at radius 1 is 1.30 bits per heavy atom. The number of nitrogens with zero attached hydrogens (tertiary/aromatic N) is 1. The molecular weight excluding hydrogens is 323 g/mol. The number of benzene rings is 1. The Morgan fingerprint density at radius 2 is 1.90 bits per heavy atom. The number of sulfonamides is 1. The monoisotopic (exact) mass is 340 g/mol. The first-order valence-electron chi connectivity index (χ1n) is 5.85. The predicted molar refractivity (Wildman–Crippen MR) is 80.8 cm³/mol. The van der Waals surface area contributed by atoms with Crippen LogP contribution in [0.5, 0.6) is 0 Å². The first-order valence-corrected chi connectivity index (χ1v) is 8.09. The minimum atomic E-state index is -3.74. The molecule has 2 N–H and O–H groups in total. The van der Waals surface area contributed by atoms with Crippen LogP contribution in [0.3, 0.4) is 0 Å². The van der Waals surface area contributed by atoms with Crippen LogP contribution in [0, 0.1) is 0 Å². The molecule has 0 saturated heterocycles. The Morgan fingerprint density at radius 3 is 2.40 bits per heavy atom. The topological polar surface area (TPSA) is 69.6 Å². The third-order valence-corrected chi connectivity index (χ3v) is 4.64. The Kier molecular flexibility index (Phi) is 5.83. The molecular formula is C12H18Cl2N2O3S. The number of rotatable bonds is 6. The van der Waals surface area contributed by atoms with Gasteiger partial charge in [-0.2, -0.15) is 0 Å². The molecule has 0 aromatic heterocycles. The number of halogens is 2. The van der Waals surface area contributed by atoms with Gasteiger partial charge in [0.2, 0.25) is 10.0 Å². The maximum absolute atomic E-state index is 12.1. The van der Waals surface area contributed by atoms with Gasteiger partial charge in [0, 0.05) is 13.1 Å². The Hall–Kier alpha value is -0.370. The van der Waals surface area contributed by atoms with E-state index in [9.17, 15) is 13.5 Å². The Balaban J connectivity index is 2.82. The normalized spacial score (nSPS) is 15.3. The maximum Gasteiger partial charge on any atom is 0.240 e. The van der Waals surface area contributed by atoms with E-state index in [1.54, 1.807) is 25.9 Å². The van der Waals surface area contributed by atoms with E-state index in [1.165, 1.54) is 18.2 Å². The van der Waals surface area contributed by atoms with Crippen molar-refractivity contribution in [1.29, 1.82) is 0 Å². The van der Waals surface area contributed by atoms with Crippen molar-refractivity contribution in [1.82, 2.24) is 9.62 Å². The number of hydrogen-bond donors (Lipinski definition) is 2. The highest BCUT2D eigenvalue weighted by atomic mass is 35.5. The van der Waals surface area contributed by atoms with E-state index in [0.717, 1.165) is 0 Å². The second kappa shape index (κ2) is 6.60. The number of likely N-dealkylation sites (N-methyl/N-ethyl adjacent to an activating group) is 1. The van der Waals surface area contributed by atoms with Crippen LogP contribution < -0.4 is 4.72 Å². The van der Waals surface area contributed by atoms with Crippen LogP contribution in [0.1, 0.15) is 6.92 Å². The molecule has 8 heteroatoms. The molecule has 0 radical (unpaired) electrons. The van der Waals surface area contributed by atoms with Crippen molar-refractivity contribution in [2.45, 2.75) is 17.4 Å². The molecule has 1 rings (SSSR count). The highest BCUT2D eigenvalue weighted by molar-refractivity contribution is 7.89. The molecule has 5 nitrogen and oxygen atoms in total. The summed E-state index contributed by atoms with van der Waals surface area (Å²) in [5.74, 6) is 0. The molecule has 1 unspecified atom stereocenters. The van der Waals surface area contributed by atoms with Crippen LogP contribution in [-0.2, 0) is 10.0 Å². The predicted octanol–water partition coefficient (Wildman–Crippen LogP) is 1.58. The zero-order valence-corrected chi connectivity index (χ0v) is 13.8. The van der Waals surface area contributed by atoms with Crippen LogP contribution in [0.15, 0.2) is 23.1 Å². The molecule has 114 valence electrons. The summed E-state index contributed by atoms with van der Waals surface area (Å²) in [6, 6.07) is 4.04. The zero-order chi connectivity index (χ0) is 15.6. The number of hydrogen-bond acceptors (Lipinski definition) is 4. The summed E-state index contributed by atoms with van der Waals surface area (Å²) in [6.45, 7) is 1.79. The molecule has 1 aromatic rings. The molecule has 0 fully saturated rings. The van der Waals surface area contributed by atoms with E-state index in [2.05, 4.69) is 4.72 Å². The van der Waals surface area contributed by atoms with Crippen molar-refractivity contribution in [2.24, 2.45) is 0 Å². The molecule has 0 heterocycles. The standard InChI is InChI=1S/C12H18Cl2N2O3S/c1-12(17,8-16(2)3)7-15-20(18,19)9-4-5-10(13)11(14)6-9/h4-6,15,17H,7-8H2,1-3H3. The summed E-state index contributed by atoms with van der Waals surface area (Å²) < 4.78 is 26.5. The van der Waals surface area contributed by atoms with E-state index in [4.69, 9.17) is 23.2 Å². The summed E-state index contributed by atoms with van der Waals surface area (Å²) >= 11 is 11.5. The first-order chi connectivity index (χ1) is 9.03. The Labute approximate surface area is 129 Å². The van der Waals surface area contributed by atoms with E-state index in [-0.39, 0.29) is 21.5 Å². The fourth-order valence-corrected chi connectivity index (χ4v) is 3.27. The lowest BCUT2D eigenvalue weighted by atomic mass is 10.1. The molecule has 0 bridgehead atoms. The average molecular weight is 341 g/mol. The largest absolute Gasteiger partial charge is 0.387 e.